The second kappa shape index (κ2) is 9.90. The Bertz CT molecular complexity index is 1060. The molecule has 0 spiro atoms. The molecule has 3 aromatic rings. The Morgan fingerprint density at radius 1 is 1.03 bits per heavy atom. The van der Waals surface area contributed by atoms with E-state index in [9.17, 15) is 0 Å². The Morgan fingerprint density at radius 3 is 2.52 bits per heavy atom. The summed E-state index contributed by atoms with van der Waals surface area (Å²) in [4.78, 5) is 6.84. The van der Waals surface area contributed by atoms with Crippen molar-refractivity contribution in [2.24, 2.45) is 7.05 Å². The molecule has 0 radical (unpaired) electrons. The second-order valence-corrected chi connectivity index (χ2v) is 10.7. The maximum absolute atomic E-state index is 15.2. The first-order valence-electron chi connectivity index (χ1n) is 12.1. The summed E-state index contributed by atoms with van der Waals surface area (Å²) in [5.74, 6) is 1.56. The zero-order chi connectivity index (χ0) is 22.8. The number of hydrogen-bond donors (Lipinski definition) is 0. The van der Waals surface area contributed by atoms with Crippen LogP contribution in [0.1, 0.15) is 60.7 Å². The molecule has 0 N–H and O–H groups in total. The number of benzene rings is 2. The van der Waals surface area contributed by atoms with Crippen LogP contribution in [0.5, 0.6) is 0 Å². The van der Waals surface area contributed by atoms with Gasteiger partial charge >= 0.3 is 0 Å². The van der Waals surface area contributed by atoms with Gasteiger partial charge in [0.25, 0.3) is 0 Å². The molecule has 2 atom stereocenters. The van der Waals surface area contributed by atoms with E-state index < -0.39 is 0 Å². The van der Waals surface area contributed by atoms with Crippen LogP contribution in [0.25, 0.3) is 0 Å². The van der Waals surface area contributed by atoms with E-state index in [0.29, 0.717) is 23.8 Å². The second-order valence-electron chi connectivity index (χ2n) is 9.44. The van der Waals surface area contributed by atoms with Crippen molar-refractivity contribution < 1.29 is 4.39 Å². The minimum absolute atomic E-state index is 0.0895. The standard InChI is InChI=1S/C27H33FN4S/c1-20-8-11-26(21-6-4-3-5-7-21)33-32(20)19-23-9-10-24(18-25(23)28)31-15-12-22(13-16-31)27-29-14-17-30(27)2/h3-7,9-10,14,17-18,20,22,26H,8,11-13,15-16,19H2,1-2H3/t20-,26?/m0/s1. The van der Waals surface area contributed by atoms with Gasteiger partial charge in [-0.1, -0.05) is 48.3 Å². The molecule has 5 rings (SSSR count). The number of hydrogen-bond acceptors (Lipinski definition) is 4. The lowest BCUT2D eigenvalue weighted by molar-refractivity contribution is 0.317. The normalized spacial score (nSPS) is 22.6. The molecule has 2 aliphatic heterocycles. The quantitative estimate of drug-likeness (QED) is 0.413. The minimum atomic E-state index is -0.0895. The molecule has 33 heavy (non-hydrogen) atoms. The van der Waals surface area contributed by atoms with Crippen molar-refractivity contribution in [2.75, 3.05) is 18.0 Å². The van der Waals surface area contributed by atoms with Gasteiger partial charge in [0.05, 0.1) is 0 Å². The molecule has 4 nitrogen and oxygen atoms in total. The summed E-state index contributed by atoms with van der Waals surface area (Å²) in [5, 5.41) is 0.449. The predicted molar refractivity (Wildman–Crippen MR) is 135 cm³/mol. The van der Waals surface area contributed by atoms with E-state index in [1.165, 1.54) is 12.0 Å². The maximum Gasteiger partial charge on any atom is 0.129 e. The van der Waals surface area contributed by atoms with Crippen LogP contribution in [0.4, 0.5) is 10.1 Å². The molecule has 2 fully saturated rings. The molecule has 0 saturated carbocycles. The molecule has 0 bridgehead atoms. The Labute approximate surface area is 200 Å². The first-order valence-corrected chi connectivity index (χ1v) is 12.9. The molecular weight excluding hydrogens is 431 g/mol. The predicted octanol–water partition coefficient (Wildman–Crippen LogP) is 6.32. The smallest absolute Gasteiger partial charge is 0.129 e. The molecule has 2 aromatic carbocycles. The molecular formula is C27H33FN4S. The van der Waals surface area contributed by atoms with Crippen molar-refractivity contribution in [3.63, 3.8) is 0 Å². The number of halogens is 1. The number of anilines is 1. The van der Waals surface area contributed by atoms with E-state index in [0.717, 1.165) is 49.4 Å². The Kier molecular flexibility index (Phi) is 6.74. The lowest BCUT2D eigenvalue weighted by atomic mass is 9.95. The number of nitrogens with zero attached hydrogens (tertiary/aromatic N) is 4. The first-order chi connectivity index (χ1) is 16.1. The van der Waals surface area contributed by atoms with Crippen molar-refractivity contribution >= 4 is 17.6 Å². The molecule has 2 saturated heterocycles. The van der Waals surface area contributed by atoms with Gasteiger partial charge in [-0.3, -0.25) is 0 Å². The molecule has 0 amide bonds. The fourth-order valence-corrected chi connectivity index (χ4v) is 6.51. The summed E-state index contributed by atoms with van der Waals surface area (Å²) in [5.41, 5.74) is 3.15. The third-order valence-corrected chi connectivity index (χ3v) is 8.74. The van der Waals surface area contributed by atoms with Gasteiger partial charge in [-0.2, -0.15) is 0 Å². The number of rotatable bonds is 5. The molecule has 2 aliphatic rings. The minimum Gasteiger partial charge on any atom is -0.371 e. The molecule has 0 aliphatic carbocycles. The van der Waals surface area contributed by atoms with Crippen molar-refractivity contribution in [3.05, 3.63) is 83.7 Å². The van der Waals surface area contributed by atoms with E-state index in [2.05, 4.69) is 69.1 Å². The van der Waals surface area contributed by atoms with Crippen LogP contribution in [0.2, 0.25) is 0 Å². The van der Waals surface area contributed by atoms with Crippen molar-refractivity contribution in [1.82, 2.24) is 13.9 Å². The first kappa shape index (κ1) is 22.5. The molecule has 3 heterocycles. The van der Waals surface area contributed by atoms with E-state index in [-0.39, 0.29) is 5.82 Å². The zero-order valence-electron chi connectivity index (χ0n) is 19.5. The highest BCUT2D eigenvalue weighted by molar-refractivity contribution is 7.97. The number of piperidine rings is 1. The van der Waals surface area contributed by atoms with Gasteiger partial charge in [0.2, 0.25) is 0 Å². The molecule has 174 valence electrons. The Hall–Kier alpha value is -2.31. The zero-order valence-corrected chi connectivity index (χ0v) is 20.3. The average molecular weight is 465 g/mol. The number of imidazole rings is 1. The molecule has 1 aromatic heterocycles. The van der Waals surface area contributed by atoms with Crippen LogP contribution >= 0.6 is 11.9 Å². The summed E-state index contributed by atoms with van der Waals surface area (Å²) in [7, 11) is 2.06. The van der Waals surface area contributed by atoms with Crippen LogP contribution in [-0.4, -0.2) is 33.0 Å². The fraction of sp³-hybridized carbons (Fsp3) is 0.444. The largest absolute Gasteiger partial charge is 0.371 e. The third-order valence-electron chi connectivity index (χ3n) is 7.22. The lowest BCUT2D eigenvalue weighted by Gasteiger charge is -2.37. The highest BCUT2D eigenvalue weighted by Crippen LogP contribution is 2.43. The van der Waals surface area contributed by atoms with Gasteiger partial charge in [-0.05, 0) is 50.3 Å². The highest BCUT2D eigenvalue weighted by Gasteiger charge is 2.28. The van der Waals surface area contributed by atoms with E-state index in [4.69, 9.17) is 0 Å². The van der Waals surface area contributed by atoms with Crippen LogP contribution < -0.4 is 4.90 Å². The molecule has 6 heteroatoms. The van der Waals surface area contributed by atoms with Crippen LogP contribution in [0.15, 0.2) is 60.9 Å². The monoisotopic (exact) mass is 464 g/mol. The Balaban J connectivity index is 1.22. The SMILES string of the molecule is C[C@H]1CCC(c2ccccc2)SN1Cc1ccc(N2CCC(c3nccn3C)CC2)cc1F. The third kappa shape index (κ3) is 4.97. The van der Waals surface area contributed by atoms with Gasteiger partial charge in [0.1, 0.15) is 11.6 Å². The number of aryl methyl sites for hydroxylation is 1. The van der Waals surface area contributed by atoms with Gasteiger partial charge in [0.15, 0.2) is 0 Å². The van der Waals surface area contributed by atoms with E-state index in [1.807, 2.05) is 30.4 Å². The summed E-state index contributed by atoms with van der Waals surface area (Å²) >= 11 is 1.88. The van der Waals surface area contributed by atoms with E-state index in [1.54, 1.807) is 6.07 Å². The van der Waals surface area contributed by atoms with Gasteiger partial charge in [-0.15, -0.1) is 0 Å². The maximum atomic E-state index is 15.2. The summed E-state index contributed by atoms with van der Waals surface area (Å²) in [6, 6.07) is 17.0. The summed E-state index contributed by atoms with van der Waals surface area (Å²) in [6.45, 7) is 4.77. The summed E-state index contributed by atoms with van der Waals surface area (Å²) in [6.07, 6.45) is 8.30. The van der Waals surface area contributed by atoms with Crippen molar-refractivity contribution in [3.8, 4) is 0 Å². The van der Waals surface area contributed by atoms with E-state index >= 15 is 4.39 Å². The van der Waals surface area contributed by atoms with Gasteiger partial charge < -0.3 is 9.47 Å². The van der Waals surface area contributed by atoms with Crippen LogP contribution in [-0.2, 0) is 13.6 Å². The number of aromatic nitrogens is 2. The fourth-order valence-electron chi connectivity index (χ4n) is 5.14. The Morgan fingerprint density at radius 2 is 1.82 bits per heavy atom. The topological polar surface area (TPSA) is 24.3 Å². The van der Waals surface area contributed by atoms with Crippen molar-refractivity contribution in [2.45, 2.75) is 56.4 Å². The summed E-state index contributed by atoms with van der Waals surface area (Å²) < 4.78 is 19.7. The average Bonchev–Trinajstić information content (AvgIpc) is 3.28. The lowest BCUT2D eigenvalue weighted by Crippen LogP contribution is -2.34. The van der Waals surface area contributed by atoms with Gasteiger partial charge in [0, 0.05) is 67.5 Å². The van der Waals surface area contributed by atoms with Gasteiger partial charge in [-0.25, -0.2) is 13.7 Å². The van der Waals surface area contributed by atoms with Crippen molar-refractivity contribution in [1.29, 1.82) is 0 Å². The van der Waals surface area contributed by atoms with Crippen LogP contribution in [0, 0.1) is 5.82 Å². The molecule has 1 unspecified atom stereocenters. The highest BCUT2D eigenvalue weighted by atomic mass is 32.2. The van der Waals surface area contributed by atoms with Crippen LogP contribution in [0.3, 0.4) is 0 Å².